The minimum atomic E-state index is -0.856. The van der Waals surface area contributed by atoms with E-state index in [1.807, 2.05) is 57.2 Å². The first-order valence-corrected chi connectivity index (χ1v) is 14.5. The van der Waals surface area contributed by atoms with E-state index in [-0.39, 0.29) is 6.09 Å². The van der Waals surface area contributed by atoms with Crippen molar-refractivity contribution in [3.63, 3.8) is 0 Å². The lowest BCUT2D eigenvalue weighted by molar-refractivity contribution is -0.141. The van der Waals surface area contributed by atoms with Crippen LogP contribution in [0.5, 0.6) is 5.75 Å². The largest absolute Gasteiger partial charge is 0.489 e. The van der Waals surface area contributed by atoms with E-state index in [9.17, 15) is 9.90 Å². The van der Waals surface area contributed by atoms with Crippen molar-refractivity contribution in [3.8, 4) is 5.75 Å². The van der Waals surface area contributed by atoms with E-state index in [2.05, 4.69) is 31.8 Å². The number of rotatable bonds is 6. The van der Waals surface area contributed by atoms with Crippen LogP contribution in [-0.2, 0) is 17.9 Å². The molecule has 2 fully saturated rings. The average molecular weight is 609 g/mol. The maximum Gasteiger partial charge on any atom is 0.410 e. The number of likely N-dealkylation sites (tertiary alicyclic amines) is 1. The van der Waals surface area contributed by atoms with E-state index in [4.69, 9.17) is 21.1 Å². The van der Waals surface area contributed by atoms with E-state index in [1.165, 1.54) is 0 Å². The maximum absolute atomic E-state index is 12.5. The second-order valence-corrected chi connectivity index (χ2v) is 12.6. The Labute approximate surface area is 239 Å². The second-order valence-electron chi connectivity index (χ2n) is 11.2. The van der Waals surface area contributed by atoms with Crippen molar-refractivity contribution in [1.82, 2.24) is 14.7 Å². The Hall–Kier alpha value is -1.84. The Bertz CT molecular complexity index is 1080. The predicted molar refractivity (Wildman–Crippen MR) is 153 cm³/mol. The molecule has 0 aliphatic carbocycles. The summed E-state index contributed by atoms with van der Waals surface area (Å²) in [4.78, 5) is 18.8. The zero-order valence-corrected chi connectivity index (χ0v) is 24.9. The molecule has 208 valence electrons. The van der Waals surface area contributed by atoms with Crippen molar-refractivity contribution >= 4 is 33.6 Å². The molecule has 0 radical (unpaired) electrons. The van der Waals surface area contributed by atoms with Gasteiger partial charge in [-0.2, -0.15) is 0 Å². The summed E-state index contributed by atoms with van der Waals surface area (Å²) in [7, 11) is 0. The molecular formula is C29H39BrClN3O4. The fraction of sp³-hybridized carbons (Fsp3) is 0.552. The van der Waals surface area contributed by atoms with Crippen LogP contribution in [0.25, 0.3) is 0 Å². The first kappa shape index (κ1) is 29.2. The van der Waals surface area contributed by atoms with Crippen LogP contribution < -0.4 is 4.74 Å². The van der Waals surface area contributed by atoms with Crippen molar-refractivity contribution in [2.24, 2.45) is 0 Å². The SMILES string of the molecule is CC(C)(C)OC(=O)N1CCCN(C2(O)CCN(Cc3cc(Br)ccc3OCc3ccc(Cl)cc3)CC2)CC1. The Balaban J connectivity index is 1.32. The van der Waals surface area contributed by atoms with Crippen LogP contribution in [0.15, 0.2) is 46.9 Å². The zero-order valence-electron chi connectivity index (χ0n) is 22.6. The minimum absolute atomic E-state index is 0.274. The number of aliphatic hydroxyl groups is 1. The maximum atomic E-state index is 12.5. The number of carbonyl (C=O) groups excluding carboxylic acids is 1. The summed E-state index contributed by atoms with van der Waals surface area (Å²) >= 11 is 9.61. The quantitative estimate of drug-likeness (QED) is 0.440. The van der Waals surface area contributed by atoms with Crippen molar-refractivity contribution in [3.05, 3.63) is 63.1 Å². The third-order valence-corrected chi connectivity index (χ3v) is 7.86. The molecule has 4 rings (SSSR count). The van der Waals surface area contributed by atoms with Crippen LogP contribution >= 0.6 is 27.5 Å². The number of carbonyl (C=O) groups is 1. The number of hydrogen-bond acceptors (Lipinski definition) is 6. The number of piperidine rings is 1. The molecule has 7 nitrogen and oxygen atoms in total. The van der Waals surface area contributed by atoms with Gasteiger partial charge in [-0.15, -0.1) is 0 Å². The van der Waals surface area contributed by atoms with Crippen molar-refractivity contribution in [2.75, 3.05) is 39.3 Å². The monoisotopic (exact) mass is 607 g/mol. The molecule has 2 aromatic carbocycles. The van der Waals surface area contributed by atoms with Crippen molar-refractivity contribution in [1.29, 1.82) is 0 Å². The van der Waals surface area contributed by atoms with Gasteiger partial charge in [0, 0.05) is 73.7 Å². The lowest BCUT2D eigenvalue weighted by atomic mass is 9.97. The highest BCUT2D eigenvalue weighted by atomic mass is 79.9. The first-order chi connectivity index (χ1) is 18.0. The number of hydrogen-bond donors (Lipinski definition) is 1. The van der Waals surface area contributed by atoms with Gasteiger partial charge in [0.05, 0.1) is 0 Å². The molecule has 0 saturated carbocycles. The normalized spacial score (nSPS) is 19.2. The fourth-order valence-electron chi connectivity index (χ4n) is 5.02. The number of halogens is 2. The number of benzene rings is 2. The Morgan fingerprint density at radius 2 is 1.74 bits per heavy atom. The van der Waals surface area contributed by atoms with Gasteiger partial charge in [-0.1, -0.05) is 39.7 Å². The summed E-state index contributed by atoms with van der Waals surface area (Å²) in [6.45, 7) is 11.1. The molecule has 38 heavy (non-hydrogen) atoms. The predicted octanol–water partition coefficient (Wildman–Crippen LogP) is 5.91. The molecule has 0 unspecified atom stereocenters. The lowest BCUT2D eigenvalue weighted by Gasteiger charge is -2.45. The van der Waals surface area contributed by atoms with Gasteiger partial charge in [-0.05, 0) is 63.1 Å². The summed E-state index contributed by atoms with van der Waals surface area (Å²) in [5.74, 6) is 0.860. The van der Waals surface area contributed by atoms with E-state index >= 15 is 0 Å². The molecular weight excluding hydrogens is 570 g/mol. The molecule has 2 saturated heterocycles. The lowest BCUT2D eigenvalue weighted by Crippen LogP contribution is -2.56. The fourth-order valence-corrected chi connectivity index (χ4v) is 5.56. The standard InChI is InChI=1S/C29H39BrClN3O4/c1-28(2,3)38-27(35)33-13-4-14-34(18-17-33)29(36)11-15-32(16-12-29)20-23-19-24(30)7-10-26(23)37-21-22-5-8-25(31)9-6-22/h5-10,19,36H,4,11-18,20-21H2,1-3H3. The van der Waals surface area contributed by atoms with E-state index in [0.717, 1.165) is 53.9 Å². The van der Waals surface area contributed by atoms with Gasteiger partial charge in [0.25, 0.3) is 0 Å². The van der Waals surface area contributed by atoms with Gasteiger partial charge in [0.15, 0.2) is 0 Å². The summed E-state index contributed by atoms with van der Waals surface area (Å²) < 4.78 is 12.7. The number of amides is 1. The van der Waals surface area contributed by atoms with Crippen LogP contribution in [0.1, 0.15) is 51.2 Å². The molecule has 0 atom stereocenters. The van der Waals surface area contributed by atoms with Crippen LogP contribution in [0.4, 0.5) is 4.79 Å². The van der Waals surface area contributed by atoms with Crippen LogP contribution in [0, 0.1) is 0 Å². The average Bonchev–Trinajstić information content (AvgIpc) is 3.12. The van der Waals surface area contributed by atoms with Gasteiger partial charge in [-0.25, -0.2) is 4.79 Å². The molecule has 0 bridgehead atoms. The minimum Gasteiger partial charge on any atom is -0.489 e. The molecule has 2 aliphatic rings. The third-order valence-electron chi connectivity index (χ3n) is 7.12. The smallest absolute Gasteiger partial charge is 0.410 e. The highest BCUT2D eigenvalue weighted by molar-refractivity contribution is 9.10. The summed E-state index contributed by atoms with van der Waals surface area (Å²) in [5, 5.41) is 12.3. The van der Waals surface area contributed by atoms with E-state index in [0.29, 0.717) is 44.1 Å². The van der Waals surface area contributed by atoms with Crippen LogP contribution in [0.2, 0.25) is 5.02 Å². The van der Waals surface area contributed by atoms with Crippen LogP contribution in [-0.4, -0.2) is 76.5 Å². The molecule has 1 amide bonds. The summed E-state index contributed by atoms with van der Waals surface area (Å²) in [6, 6.07) is 13.8. The van der Waals surface area contributed by atoms with Crippen molar-refractivity contribution < 1.29 is 19.4 Å². The van der Waals surface area contributed by atoms with Gasteiger partial charge in [-0.3, -0.25) is 9.80 Å². The third kappa shape index (κ3) is 8.09. The summed E-state index contributed by atoms with van der Waals surface area (Å²) in [6.07, 6.45) is 1.87. The van der Waals surface area contributed by atoms with Crippen LogP contribution in [0.3, 0.4) is 0 Å². The van der Waals surface area contributed by atoms with Gasteiger partial charge in [0.1, 0.15) is 23.7 Å². The van der Waals surface area contributed by atoms with Crippen molar-refractivity contribution in [2.45, 2.75) is 64.5 Å². The first-order valence-electron chi connectivity index (χ1n) is 13.3. The Kier molecular flexibility index (Phi) is 9.63. The number of ether oxygens (including phenoxy) is 2. The molecule has 0 aromatic heterocycles. The zero-order chi connectivity index (χ0) is 27.3. The van der Waals surface area contributed by atoms with E-state index < -0.39 is 11.3 Å². The molecule has 0 spiro atoms. The molecule has 1 N–H and O–H groups in total. The molecule has 2 heterocycles. The molecule has 9 heteroatoms. The second kappa shape index (κ2) is 12.6. The Morgan fingerprint density at radius 1 is 1.03 bits per heavy atom. The highest BCUT2D eigenvalue weighted by Gasteiger charge is 2.39. The van der Waals surface area contributed by atoms with E-state index in [1.54, 1.807) is 4.90 Å². The summed E-state index contributed by atoms with van der Waals surface area (Å²) in [5.41, 5.74) is 0.810. The number of nitrogens with zero attached hydrogens (tertiary/aromatic N) is 3. The highest BCUT2D eigenvalue weighted by Crippen LogP contribution is 2.31. The molecule has 2 aliphatic heterocycles. The van der Waals surface area contributed by atoms with Gasteiger partial charge >= 0.3 is 6.09 Å². The van der Waals surface area contributed by atoms with Gasteiger partial charge < -0.3 is 19.5 Å². The molecule has 2 aromatic rings. The topological polar surface area (TPSA) is 65.5 Å². The Morgan fingerprint density at radius 3 is 2.42 bits per heavy atom. The van der Waals surface area contributed by atoms with Gasteiger partial charge in [0.2, 0.25) is 0 Å².